The third-order valence-electron chi connectivity index (χ3n) is 1.76. The van der Waals surface area contributed by atoms with Crippen LogP contribution in [-0.4, -0.2) is 22.6 Å². The van der Waals surface area contributed by atoms with E-state index in [-0.39, 0.29) is 12.4 Å². The van der Waals surface area contributed by atoms with Crippen LogP contribution in [0.15, 0.2) is 23.4 Å². The second-order valence-corrected chi connectivity index (χ2v) is 2.52. The predicted octanol–water partition coefficient (Wildman–Crippen LogP) is 0.963. The topological polar surface area (TPSA) is 62.1 Å². The summed E-state index contributed by atoms with van der Waals surface area (Å²) in [5, 5.41) is 20.7. The largest absolute Gasteiger partial charge is 0.508 e. The van der Waals surface area contributed by atoms with Gasteiger partial charge in [-0.05, 0) is 12.1 Å². The summed E-state index contributed by atoms with van der Waals surface area (Å²) in [4.78, 5) is 0. The zero-order valence-corrected chi connectivity index (χ0v) is 6.19. The fourth-order valence-electron chi connectivity index (χ4n) is 1.18. The van der Waals surface area contributed by atoms with Gasteiger partial charge in [0.25, 0.3) is 0 Å². The van der Waals surface area contributed by atoms with Crippen molar-refractivity contribution in [2.24, 2.45) is 5.16 Å². The molecule has 0 saturated carbocycles. The highest BCUT2D eigenvalue weighted by Gasteiger charge is 2.19. The predicted molar refractivity (Wildman–Crippen MR) is 41.9 cm³/mol. The summed E-state index contributed by atoms with van der Waals surface area (Å²) in [6.07, 6.45) is 0. The summed E-state index contributed by atoms with van der Waals surface area (Å²) in [5.74, 6) is 0.704. The highest BCUT2D eigenvalue weighted by atomic mass is 16.5. The molecule has 0 aromatic heterocycles. The number of phenolic OH excluding ortho intramolecular Hbond substituents is 1. The smallest absolute Gasteiger partial charge is 0.134 e. The lowest BCUT2D eigenvalue weighted by atomic mass is 10.1. The number of fused-ring (bicyclic) bond motifs is 1. The molecule has 1 aliphatic heterocycles. The van der Waals surface area contributed by atoms with Gasteiger partial charge in [0.1, 0.15) is 23.8 Å². The van der Waals surface area contributed by atoms with E-state index >= 15 is 0 Å². The van der Waals surface area contributed by atoms with Gasteiger partial charge in [0.15, 0.2) is 0 Å². The third-order valence-corrected chi connectivity index (χ3v) is 1.76. The Labute approximate surface area is 68.7 Å². The molecule has 2 N–H and O–H groups in total. The van der Waals surface area contributed by atoms with Crippen molar-refractivity contribution >= 4 is 5.71 Å². The first-order chi connectivity index (χ1) is 5.81. The maximum Gasteiger partial charge on any atom is 0.134 e. The minimum Gasteiger partial charge on any atom is -0.508 e. The normalized spacial score (nSPS) is 17.5. The molecule has 0 spiro atoms. The molecule has 0 amide bonds. The number of ether oxygens (including phenoxy) is 1. The van der Waals surface area contributed by atoms with Crippen molar-refractivity contribution in [2.45, 2.75) is 0 Å². The number of oxime groups is 1. The summed E-state index contributed by atoms with van der Waals surface area (Å²) in [5.41, 5.74) is 1.22. The fraction of sp³-hybridized carbons (Fsp3) is 0.125. The van der Waals surface area contributed by atoms with Crippen LogP contribution in [0.3, 0.4) is 0 Å². The monoisotopic (exact) mass is 165 g/mol. The quantitative estimate of drug-likeness (QED) is 0.444. The van der Waals surface area contributed by atoms with E-state index in [2.05, 4.69) is 5.16 Å². The van der Waals surface area contributed by atoms with Gasteiger partial charge in [-0.3, -0.25) is 0 Å². The number of aromatic hydroxyl groups is 1. The van der Waals surface area contributed by atoms with Crippen LogP contribution in [0.25, 0.3) is 0 Å². The van der Waals surface area contributed by atoms with Crippen LogP contribution in [0.2, 0.25) is 0 Å². The van der Waals surface area contributed by atoms with Gasteiger partial charge < -0.3 is 15.1 Å². The van der Waals surface area contributed by atoms with Gasteiger partial charge in [-0.15, -0.1) is 0 Å². The molecule has 1 aliphatic rings. The number of rotatable bonds is 0. The Kier molecular flexibility index (Phi) is 1.40. The first-order valence-corrected chi connectivity index (χ1v) is 3.48. The Balaban J connectivity index is 2.55. The lowest BCUT2D eigenvalue weighted by molar-refractivity contribution is 0.313. The molecule has 0 saturated heterocycles. The van der Waals surface area contributed by atoms with Crippen LogP contribution in [0.5, 0.6) is 11.5 Å². The molecule has 0 aliphatic carbocycles. The van der Waals surface area contributed by atoms with Gasteiger partial charge in [-0.25, -0.2) is 0 Å². The molecule has 2 rings (SSSR count). The molecule has 0 atom stereocenters. The molecule has 0 fully saturated rings. The van der Waals surface area contributed by atoms with E-state index in [4.69, 9.17) is 15.1 Å². The number of phenols is 1. The van der Waals surface area contributed by atoms with Gasteiger partial charge in [-0.1, -0.05) is 5.16 Å². The Morgan fingerprint density at radius 2 is 2.25 bits per heavy atom. The molecule has 1 aromatic rings. The first-order valence-electron chi connectivity index (χ1n) is 3.48. The number of benzene rings is 1. The molecule has 0 bridgehead atoms. The highest BCUT2D eigenvalue weighted by molar-refractivity contribution is 6.05. The average molecular weight is 165 g/mol. The molecule has 4 heteroatoms. The Bertz CT molecular complexity index is 346. The van der Waals surface area contributed by atoms with Crippen LogP contribution in [0.4, 0.5) is 0 Å². The Hall–Kier alpha value is -1.71. The van der Waals surface area contributed by atoms with Crippen molar-refractivity contribution in [3.63, 3.8) is 0 Å². The molecular weight excluding hydrogens is 158 g/mol. The van der Waals surface area contributed by atoms with Crippen molar-refractivity contribution in [3.05, 3.63) is 23.8 Å². The first kappa shape index (κ1) is 6.97. The Morgan fingerprint density at radius 3 is 3.00 bits per heavy atom. The summed E-state index contributed by atoms with van der Waals surface area (Å²) < 4.78 is 5.13. The third kappa shape index (κ3) is 0.887. The highest BCUT2D eigenvalue weighted by Crippen LogP contribution is 2.28. The molecule has 1 heterocycles. The Morgan fingerprint density at radius 1 is 1.42 bits per heavy atom. The van der Waals surface area contributed by atoms with Crippen molar-refractivity contribution < 1.29 is 15.1 Å². The number of hydrogen-bond acceptors (Lipinski definition) is 4. The fourth-order valence-corrected chi connectivity index (χ4v) is 1.18. The van der Waals surface area contributed by atoms with Gasteiger partial charge >= 0.3 is 0 Å². The number of hydrogen-bond donors (Lipinski definition) is 2. The second-order valence-electron chi connectivity index (χ2n) is 2.52. The van der Waals surface area contributed by atoms with Crippen LogP contribution in [0.1, 0.15) is 5.56 Å². The maximum atomic E-state index is 9.07. The zero-order chi connectivity index (χ0) is 8.55. The van der Waals surface area contributed by atoms with E-state index in [0.717, 1.165) is 5.56 Å². The van der Waals surface area contributed by atoms with Crippen LogP contribution >= 0.6 is 0 Å². The van der Waals surface area contributed by atoms with E-state index in [1.54, 1.807) is 6.07 Å². The van der Waals surface area contributed by atoms with Gasteiger partial charge in [0, 0.05) is 11.6 Å². The lowest BCUT2D eigenvalue weighted by Crippen LogP contribution is -2.01. The van der Waals surface area contributed by atoms with Gasteiger partial charge in [0.2, 0.25) is 0 Å². The zero-order valence-electron chi connectivity index (χ0n) is 6.19. The average Bonchev–Trinajstić information content (AvgIpc) is 2.46. The molecule has 4 nitrogen and oxygen atoms in total. The van der Waals surface area contributed by atoms with Crippen molar-refractivity contribution in [3.8, 4) is 11.5 Å². The maximum absolute atomic E-state index is 9.07. The van der Waals surface area contributed by atoms with Crippen LogP contribution in [0, 0.1) is 0 Å². The summed E-state index contributed by atoms with van der Waals surface area (Å²) in [6.45, 7) is 0.259. The van der Waals surface area contributed by atoms with Crippen molar-refractivity contribution in [1.82, 2.24) is 0 Å². The summed E-state index contributed by atoms with van der Waals surface area (Å²) in [7, 11) is 0. The standard InChI is InChI=1S/C8H7NO3/c10-5-1-2-6-7(9-11)4-12-8(6)3-5/h1-3,10-11H,4H2/b9-7+. The van der Waals surface area contributed by atoms with E-state index in [1.807, 2.05) is 0 Å². The molecule has 62 valence electrons. The lowest BCUT2D eigenvalue weighted by Gasteiger charge is -1.96. The van der Waals surface area contributed by atoms with Crippen LogP contribution in [-0.2, 0) is 0 Å². The molecule has 1 aromatic carbocycles. The van der Waals surface area contributed by atoms with E-state index < -0.39 is 0 Å². The summed E-state index contributed by atoms with van der Waals surface area (Å²) in [6, 6.07) is 4.68. The molecule has 0 radical (unpaired) electrons. The molecular formula is C8H7NO3. The van der Waals surface area contributed by atoms with Crippen molar-refractivity contribution in [1.29, 1.82) is 0 Å². The van der Waals surface area contributed by atoms with E-state index in [9.17, 15) is 0 Å². The minimum absolute atomic E-state index is 0.146. The van der Waals surface area contributed by atoms with E-state index in [1.165, 1.54) is 12.1 Å². The summed E-state index contributed by atoms with van der Waals surface area (Å²) >= 11 is 0. The van der Waals surface area contributed by atoms with Crippen LogP contribution < -0.4 is 4.74 Å². The number of nitrogens with zero attached hydrogens (tertiary/aromatic N) is 1. The van der Waals surface area contributed by atoms with Gasteiger partial charge in [-0.2, -0.15) is 0 Å². The molecule has 0 unspecified atom stereocenters. The minimum atomic E-state index is 0.146. The second kappa shape index (κ2) is 2.41. The molecule has 12 heavy (non-hydrogen) atoms. The SMILES string of the molecule is O/N=C1\COc2cc(O)ccc21. The van der Waals surface area contributed by atoms with Crippen molar-refractivity contribution in [2.75, 3.05) is 6.61 Å². The van der Waals surface area contributed by atoms with Gasteiger partial charge in [0.05, 0.1) is 0 Å². The van der Waals surface area contributed by atoms with E-state index in [0.29, 0.717) is 11.5 Å².